The second kappa shape index (κ2) is 7.98. The van der Waals surface area contributed by atoms with Crippen molar-refractivity contribution in [2.24, 2.45) is 0 Å². The molecule has 0 aliphatic carbocycles. The number of hydrogen-bond acceptors (Lipinski definition) is 4. The molecule has 1 aliphatic rings. The Bertz CT molecular complexity index is 682. The first-order chi connectivity index (χ1) is 11.4. The average Bonchev–Trinajstić information content (AvgIpc) is 2.60. The van der Waals surface area contributed by atoms with Gasteiger partial charge in [0.05, 0.1) is 17.6 Å². The normalized spacial score (nSPS) is 16.7. The second-order valence-electron chi connectivity index (χ2n) is 6.15. The van der Waals surface area contributed by atoms with E-state index in [1.165, 1.54) is 19.2 Å². The van der Waals surface area contributed by atoms with Crippen molar-refractivity contribution in [2.45, 2.75) is 50.5 Å². The molecule has 1 aromatic carbocycles. The molecule has 1 fully saturated rings. The van der Waals surface area contributed by atoms with Gasteiger partial charge in [0.15, 0.2) is 0 Å². The first kappa shape index (κ1) is 18.7. The zero-order valence-electron chi connectivity index (χ0n) is 14.5. The van der Waals surface area contributed by atoms with Gasteiger partial charge in [-0.25, -0.2) is 13.1 Å². The molecule has 1 aromatic rings. The van der Waals surface area contributed by atoms with Gasteiger partial charge in [-0.15, -0.1) is 0 Å². The number of sulfonamides is 1. The topological polar surface area (TPSA) is 75.7 Å². The summed E-state index contributed by atoms with van der Waals surface area (Å²) in [5.41, 5.74) is 0.298. The molecule has 0 radical (unpaired) electrons. The van der Waals surface area contributed by atoms with Crippen LogP contribution in [0.15, 0.2) is 23.1 Å². The Morgan fingerprint density at radius 2 is 1.96 bits per heavy atom. The standard InChI is InChI=1S/C17H26N2O4S/c1-4-13(2)18-24(21,22)14-8-9-16(23-3)15(12-14)17(20)19-10-6-5-7-11-19/h8-9,12-13,18H,4-7,10-11H2,1-3H3. The Balaban J connectivity index is 2.35. The van der Waals surface area contributed by atoms with Gasteiger partial charge in [-0.3, -0.25) is 4.79 Å². The number of nitrogens with zero attached hydrogens (tertiary/aromatic N) is 1. The van der Waals surface area contributed by atoms with Crippen LogP contribution in [0, 0.1) is 0 Å². The van der Waals surface area contributed by atoms with Gasteiger partial charge in [-0.05, 0) is 50.8 Å². The maximum absolute atomic E-state index is 12.8. The van der Waals surface area contributed by atoms with Gasteiger partial charge in [0.25, 0.3) is 5.91 Å². The number of benzene rings is 1. The smallest absolute Gasteiger partial charge is 0.257 e. The Labute approximate surface area is 144 Å². The molecule has 1 heterocycles. The number of carbonyl (C=O) groups is 1. The lowest BCUT2D eigenvalue weighted by Crippen LogP contribution is -2.36. The van der Waals surface area contributed by atoms with Gasteiger partial charge in [0.2, 0.25) is 10.0 Å². The Hall–Kier alpha value is -1.60. The van der Waals surface area contributed by atoms with Crippen LogP contribution < -0.4 is 9.46 Å². The van der Waals surface area contributed by atoms with Crippen molar-refractivity contribution in [1.82, 2.24) is 9.62 Å². The van der Waals surface area contributed by atoms with Crippen molar-refractivity contribution in [1.29, 1.82) is 0 Å². The van der Waals surface area contributed by atoms with E-state index < -0.39 is 10.0 Å². The number of hydrogen-bond donors (Lipinski definition) is 1. The van der Waals surface area contributed by atoms with Crippen LogP contribution >= 0.6 is 0 Å². The molecule has 1 atom stereocenters. The van der Waals surface area contributed by atoms with Crippen LogP contribution in [0.25, 0.3) is 0 Å². The van der Waals surface area contributed by atoms with Crippen molar-refractivity contribution in [3.63, 3.8) is 0 Å². The molecule has 7 heteroatoms. The fourth-order valence-electron chi connectivity index (χ4n) is 2.70. The number of piperidine rings is 1. The minimum atomic E-state index is -3.66. The Morgan fingerprint density at radius 3 is 2.54 bits per heavy atom. The van der Waals surface area contributed by atoms with Gasteiger partial charge in [0, 0.05) is 19.1 Å². The number of methoxy groups -OCH3 is 1. The first-order valence-electron chi connectivity index (χ1n) is 8.38. The summed E-state index contributed by atoms with van der Waals surface area (Å²) < 4.78 is 32.8. The largest absolute Gasteiger partial charge is 0.496 e. The Morgan fingerprint density at radius 1 is 1.29 bits per heavy atom. The predicted molar refractivity (Wildman–Crippen MR) is 92.8 cm³/mol. The van der Waals surface area contributed by atoms with E-state index in [1.807, 2.05) is 6.92 Å². The first-order valence-corrected chi connectivity index (χ1v) is 9.87. The highest BCUT2D eigenvalue weighted by molar-refractivity contribution is 7.89. The molecular weight excluding hydrogens is 328 g/mol. The highest BCUT2D eigenvalue weighted by Crippen LogP contribution is 2.25. The lowest BCUT2D eigenvalue weighted by Gasteiger charge is -2.27. The predicted octanol–water partition coefficient (Wildman–Crippen LogP) is 2.40. The molecule has 6 nitrogen and oxygen atoms in total. The molecule has 2 rings (SSSR count). The van der Waals surface area contributed by atoms with E-state index in [9.17, 15) is 13.2 Å². The third-order valence-corrected chi connectivity index (χ3v) is 5.91. The number of carbonyl (C=O) groups excluding carboxylic acids is 1. The minimum absolute atomic E-state index is 0.0870. The van der Waals surface area contributed by atoms with Crippen molar-refractivity contribution < 1.29 is 17.9 Å². The van der Waals surface area contributed by atoms with E-state index >= 15 is 0 Å². The van der Waals surface area contributed by atoms with Gasteiger partial charge >= 0.3 is 0 Å². The fraction of sp³-hybridized carbons (Fsp3) is 0.588. The van der Waals surface area contributed by atoms with Crippen LogP contribution in [0.2, 0.25) is 0 Å². The van der Waals surface area contributed by atoms with Gasteiger partial charge < -0.3 is 9.64 Å². The zero-order chi connectivity index (χ0) is 17.7. The quantitative estimate of drug-likeness (QED) is 0.851. The average molecular weight is 354 g/mol. The van der Waals surface area contributed by atoms with E-state index in [4.69, 9.17) is 4.74 Å². The lowest BCUT2D eigenvalue weighted by atomic mass is 10.1. The molecule has 1 N–H and O–H groups in total. The zero-order valence-corrected chi connectivity index (χ0v) is 15.4. The van der Waals surface area contributed by atoms with E-state index in [1.54, 1.807) is 17.9 Å². The maximum Gasteiger partial charge on any atom is 0.257 e. The van der Waals surface area contributed by atoms with E-state index in [2.05, 4.69) is 4.72 Å². The van der Waals surface area contributed by atoms with E-state index in [-0.39, 0.29) is 16.8 Å². The summed E-state index contributed by atoms with van der Waals surface area (Å²) in [7, 11) is -2.18. The lowest BCUT2D eigenvalue weighted by molar-refractivity contribution is 0.0720. The highest BCUT2D eigenvalue weighted by Gasteiger charge is 2.25. The van der Waals surface area contributed by atoms with Crippen LogP contribution in [0.5, 0.6) is 5.75 Å². The molecule has 1 unspecified atom stereocenters. The molecule has 0 saturated carbocycles. The summed E-state index contributed by atoms with van der Waals surface area (Å²) in [6, 6.07) is 4.26. The molecule has 1 saturated heterocycles. The van der Waals surface area contributed by atoms with Crippen LogP contribution in [0.3, 0.4) is 0 Å². The summed E-state index contributed by atoms with van der Waals surface area (Å²) in [6.07, 6.45) is 3.76. The second-order valence-corrected chi connectivity index (χ2v) is 7.86. The highest BCUT2D eigenvalue weighted by atomic mass is 32.2. The number of ether oxygens (including phenoxy) is 1. The third-order valence-electron chi connectivity index (χ3n) is 4.32. The molecule has 0 spiro atoms. The summed E-state index contributed by atoms with van der Waals surface area (Å²) in [5.74, 6) is 0.222. The van der Waals surface area contributed by atoms with Gasteiger partial charge in [-0.2, -0.15) is 0 Å². The third kappa shape index (κ3) is 4.27. The van der Waals surface area contributed by atoms with Crippen LogP contribution in [-0.2, 0) is 10.0 Å². The summed E-state index contributed by atoms with van der Waals surface area (Å²) in [5, 5.41) is 0. The summed E-state index contributed by atoms with van der Waals surface area (Å²) >= 11 is 0. The van der Waals surface area contributed by atoms with Gasteiger partial charge in [-0.1, -0.05) is 6.92 Å². The molecule has 0 bridgehead atoms. The summed E-state index contributed by atoms with van der Waals surface area (Å²) in [6.45, 7) is 5.11. The van der Waals surface area contributed by atoms with Crippen LogP contribution in [0.1, 0.15) is 49.9 Å². The van der Waals surface area contributed by atoms with Crippen molar-refractivity contribution in [3.8, 4) is 5.75 Å². The Kier molecular flexibility index (Phi) is 6.23. The molecule has 134 valence electrons. The maximum atomic E-state index is 12.8. The fourth-order valence-corrected chi connectivity index (χ4v) is 4.06. The monoisotopic (exact) mass is 354 g/mol. The molecule has 1 aliphatic heterocycles. The van der Waals surface area contributed by atoms with E-state index in [0.717, 1.165) is 19.3 Å². The number of amides is 1. The number of rotatable bonds is 6. The van der Waals surface area contributed by atoms with Crippen molar-refractivity contribution in [2.75, 3.05) is 20.2 Å². The molecular formula is C17H26N2O4S. The molecule has 24 heavy (non-hydrogen) atoms. The van der Waals surface area contributed by atoms with Gasteiger partial charge in [0.1, 0.15) is 5.75 Å². The van der Waals surface area contributed by atoms with Crippen LogP contribution in [0.4, 0.5) is 0 Å². The number of nitrogens with one attached hydrogen (secondary N) is 1. The van der Waals surface area contributed by atoms with Crippen molar-refractivity contribution >= 4 is 15.9 Å². The SMILES string of the molecule is CCC(C)NS(=O)(=O)c1ccc(OC)c(C(=O)N2CCCCC2)c1. The molecule has 0 aromatic heterocycles. The summed E-state index contributed by atoms with van der Waals surface area (Å²) in [4.78, 5) is 14.6. The van der Waals surface area contributed by atoms with Crippen LogP contribution in [-0.4, -0.2) is 45.5 Å². The molecule has 1 amide bonds. The van der Waals surface area contributed by atoms with Crippen molar-refractivity contribution in [3.05, 3.63) is 23.8 Å². The minimum Gasteiger partial charge on any atom is -0.496 e. The van der Waals surface area contributed by atoms with E-state index in [0.29, 0.717) is 30.8 Å². The number of likely N-dealkylation sites (tertiary alicyclic amines) is 1.